The van der Waals surface area contributed by atoms with Gasteiger partial charge in [-0.15, -0.1) is 10.2 Å². The van der Waals surface area contributed by atoms with Crippen molar-refractivity contribution in [3.63, 3.8) is 0 Å². The minimum atomic E-state index is 0.0420. The Bertz CT molecular complexity index is 923. The van der Waals surface area contributed by atoms with E-state index in [0.717, 1.165) is 32.9 Å². The highest BCUT2D eigenvalue weighted by molar-refractivity contribution is 8.00. The van der Waals surface area contributed by atoms with Gasteiger partial charge in [-0.25, -0.2) is 0 Å². The van der Waals surface area contributed by atoms with E-state index in [-0.39, 0.29) is 5.78 Å². The Morgan fingerprint density at radius 1 is 1.19 bits per heavy atom. The number of aryl methyl sites for hydroxylation is 1. The first-order valence-electron chi connectivity index (χ1n) is 8.59. The summed E-state index contributed by atoms with van der Waals surface area (Å²) in [5.41, 5.74) is 3.95. The Hall–Kier alpha value is -2.38. The van der Waals surface area contributed by atoms with Crippen LogP contribution in [0, 0.1) is 0 Å². The number of anilines is 2. The maximum Gasteiger partial charge on any atom is 0.210 e. The van der Waals surface area contributed by atoms with Crippen LogP contribution in [-0.4, -0.2) is 23.1 Å². The zero-order chi connectivity index (χ0) is 19.2. The Kier molecular flexibility index (Phi) is 6.47. The van der Waals surface area contributed by atoms with E-state index in [9.17, 15) is 4.79 Å². The van der Waals surface area contributed by atoms with Crippen molar-refractivity contribution in [2.24, 2.45) is 0 Å². The third kappa shape index (κ3) is 5.08. The van der Waals surface area contributed by atoms with Crippen molar-refractivity contribution in [3.05, 3.63) is 59.2 Å². The van der Waals surface area contributed by atoms with Crippen LogP contribution < -0.4 is 10.1 Å². The van der Waals surface area contributed by atoms with E-state index < -0.39 is 0 Å². The molecule has 2 aromatic carbocycles. The van der Waals surface area contributed by atoms with Gasteiger partial charge >= 0.3 is 0 Å². The van der Waals surface area contributed by atoms with Gasteiger partial charge in [0.15, 0.2) is 10.1 Å². The Labute approximate surface area is 167 Å². The van der Waals surface area contributed by atoms with Gasteiger partial charge in [0.05, 0.1) is 7.11 Å². The molecule has 1 aromatic heterocycles. The summed E-state index contributed by atoms with van der Waals surface area (Å²) in [7, 11) is 1.63. The lowest BCUT2D eigenvalue weighted by molar-refractivity contribution is 0.101. The lowest BCUT2D eigenvalue weighted by atomic mass is 10.1. The van der Waals surface area contributed by atoms with Gasteiger partial charge in [0.25, 0.3) is 0 Å². The first kappa shape index (κ1) is 19.4. The SMILES string of the molecule is CCc1ccc(Nc2nnc(SCc3cc(C(C)=O)ccc3OC)s2)cc1. The molecule has 7 heteroatoms. The molecule has 0 atom stereocenters. The number of nitrogens with one attached hydrogen (secondary N) is 1. The molecule has 0 aliphatic rings. The van der Waals surface area contributed by atoms with Crippen LogP contribution in [0.15, 0.2) is 46.8 Å². The number of aromatic nitrogens is 2. The first-order chi connectivity index (χ1) is 13.1. The molecule has 0 saturated heterocycles. The van der Waals surface area contributed by atoms with Gasteiger partial charge < -0.3 is 10.1 Å². The lowest BCUT2D eigenvalue weighted by Gasteiger charge is -2.08. The zero-order valence-electron chi connectivity index (χ0n) is 15.5. The van der Waals surface area contributed by atoms with Gasteiger partial charge in [0.2, 0.25) is 5.13 Å². The number of rotatable bonds is 8. The number of methoxy groups -OCH3 is 1. The monoisotopic (exact) mass is 399 g/mol. The molecule has 0 aliphatic heterocycles. The number of nitrogens with zero attached hydrogens (tertiary/aromatic N) is 2. The van der Waals surface area contributed by atoms with Crippen LogP contribution >= 0.6 is 23.1 Å². The number of thioether (sulfide) groups is 1. The molecule has 0 amide bonds. The van der Waals surface area contributed by atoms with Crippen molar-refractivity contribution in [1.82, 2.24) is 10.2 Å². The molecule has 3 rings (SSSR count). The van der Waals surface area contributed by atoms with Gasteiger partial charge in [0.1, 0.15) is 5.75 Å². The summed E-state index contributed by atoms with van der Waals surface area (Å²) >= 11 is 3.08. The van der Waals surface area contributed by atoms with E-state index in [1.54, 1.807) is 31.9 Å². The van der Waals surface area contributed by atoms with Crippen molar-refractivity contribution < 1.29 is 9.53 Å². The van der Waals surface area contributed by atoms with E-state index in [2.05, 4.69) is 34.6 Å². The fourth-order valence-corrected chi connectivity index (χ4v) is 4.27. The highest BCUT2D eigenvalue weighted by atomic mass is 32.2. The van der Waals surface area contributed by atoms with Gasteiger partial charge in [-0.3, -0.25) is 4.79 Å². The van der Waals surface area contributed by atoms with Gasteiger partial charge in [0, 0.05) is 22.6 Å². The van der Waals surface area contributed by atoms with Gasteiger partial charge in [-0.1, -0.05) is 42.2 Å². The molecule has 0 bridgehead atoms. The summed E-state index contributed by atoms with van der Waals surface area (Å²) in [5.74, 6) is 1.47. The molecule has 27 heavy (non-hydrogen) atoms. The molecule has 5 nitrogen and oxygen atoms in total. The molecule has 3 aromatic rings. The zero-order valence-corrected chi connectivity index (χ0v) is 17.1. The van der Waals surface area contributed by atoms with Crippen LogP contribution in [0.3, 0.4) is 0 Å². The van der Waals surface area contributed by atoms with E-state index >= 15 is 0 Å². The third-order valence-electron chi connectivity index (χ3n) is 4.06. The van der Waals surface area contributed by atoms with E-state index in [1.165, 1.54) is 16.9 Å². The second-order valence-electron chi connectivity index (χ2n) is 5.92. The standard InChI is InChI=1S/C20H21N3O2S2/c1-4-14-5-8-17(9-6-14)21-19-22-23-20(27-19)26-12-16-11-15(13(2)24)7-10-18(16)25-3/h5-11H,4,12H2,1-3H3,(H,21,22). The summed E-state index contributed by atoms with van der Waals surface area (Å²) in [6, 6.07) is 13.8. The summed E-state index contributed by atoms with van der Waals surface area (Å²) < 4.78 is 6.26. The Morgan fingerprint density at radius 2 is 1.96 bits per heavy atom. The minimum absolute atomic E-state index is 0.0420. The normalized spacial score (nSPS) is 10.6. The van der Waals surface area contributed by atoms with Crippen LogP contribution in [-0.2, 0) is 12.2 Å². The van der Waals surface area contributed by atoms with Crippen molar-refractivity contribution in [3.8, 4) is 5.75 Å². The second kappa shape index (κ2) is 9.01. The molecule has 0 fully saturated rings. The smallest absolute Gasteiger partial charge is 0.210 e. The molecule has 0 saturated carbocycles. The maximum atomic E-state index is 11.6. The largest absolute Gasteiger partial charge is 0.496 e. The Balaban J connectivity index is 1.65. The number of benzene rings is 2. The maximum absolute atomic E-state index is 11.6. The summed E-state index contributed by atoms with van der Waals surface area (Å²) in [6.45, 7) is 3.70. The third-order valence-corrected chi connectivity index (χ3v) is 6.08. The fourth-order valence-electron chi connectivity index (χ4n) is 2.52. The van der Waals surface area contributed by atoms with E-state index in [0.29, 0.717) is 11.3 Å². The number of Topliss-reactive ketones (excluding diaryl/α,β-unsaturated/α-hetero) is 1. The number of carbonyl (C=O) groups excluding carboxylic acids is 1. The molecular weight excluding hydrogens is 378 g/mol. The predicted molar refractivity (Wildman–Crippen MR) is 112 cm³/mol. The van der Waals surface area contributed by atoms with Crippen LogP contribution in [0.25, 0.3) is 0 Å². The van der Waals surface area contributed by atoms with Crippen LogP contribution in [0.1, 0.15) is 35.3 Å². The van der Waals surface area contributed by atoms with Gasteiger partial charge in [-0.2, -0.15) is 0 Å². The van der Waals surface area contributed by atoms with Crippen molar-refractivity contribution in [1.29, 1.82) is 0 Å². The molecule has 1 heterocycles. The molecule has 0 radical (unpaired) electrons. The van der Waals surface area contributed by atoms with Crippen LogP contribution in [0.4, 0.5) is 10.8 Å². The molecule has 140 valence electrons. The number of ketones is 1. The Morgan fingerprint density at radius 3 is 2.63 bits per heavy atom. The summed E-state index contributed by atoms with van der Waals surface area (Å²) in [6.07, 6.45) is 1.02. The average Bonchev–Trinajstić information content (AvgIpc) is 3.14. The molecular formula is C20H21N3O2S2. The number of carbonyl (C=O) groups is 1. The highest BCUT2D eigenvalue weighted by Crippen LogP contribution is 2.32. The number of hydrogen-bond donors (Lipinski definition) is 1. The second-order valence-corrected chi connectivity index (χ2v) is 8.12. The highest BCUT2D eigenvalue weighted by Gasteiger charge is 2.10. The van der Waals surface area contributed by atoms with Gasteiger partial charge in [-0.05, 0) is 49.2 Å². The first-order valence-corrected chi connectivity index (χ1v) is 10.4. The molecule has 0 spiro atoms. The topological polar surface area (TPSA) is 64.1 Å². The molecule has 1 N–H and O–H groups in total. The summed E-state index contributed by atoms with van der Waals surface area (Å²) in [5, 5.41) is 12.5. The van der Waals surface area contributed by atoms with Crippen molar-refractivity contribution >= 4 is 39.7 Å². The lowest BCUT2D eigenvalue weighted by Crippen LogP contribution is -1.96. The fraction of sp³-hybridized carbons (Fsp3) is 0.250. The summed E-state index contributed by atoms with van der Waals surface area (Å²) in [4.78, 5) is 11.6. The number of hydrogen-bond acceptors (Lipinski definition) is 7. The van der Waals surface area contributed by atoms with Crippen molar-refractivity contribution in [2.45, 2.75) is 30.4 Å². The predicted octanol–water partition coefficient (Wildman–Crippen LogP) is 5.35. The van der Waals surface area contributed by atoms with Crippen LogP contribution in [0.2, 0.25) is 0 Å². The molecule has 0 unspecified atom stereocenters. The molecule has 0 aliphatic carbocycles. The quantitative estimate of drug-likeness (QED) is 0.407. The average molecular weight is 400 g/mol. The van der Waals surface area contributed by atoms with Crippen molar-refractivity contribution in [2.75, 3.05) is 12.4 Å². The number of ether oxygens (including phenoxy) is 1. The minimum Gasteiger partial charge on any atom is -0.496 e. The van der Waals surface area contributed by atoms with E-state index in [4.69, 9.17) is 4.74 Å². The van der Waals surface area contributed by atoms with Crippen LogP contribution in [0.5, 0.6) is 5.75 Å². The van der Waals surface area contributed by atoms with E-state index in [1.807, 2.05) is 24.3 Å².